The fraction of sp³-hybridized carbons (Fsp3) is 0.385. The Labute approximate surface area is 109 Å². The number of aliphatic hydroxyl groups is 1. The molecular weight excluding hydrogens is 261 g/mol. The van der Waals surface area contributed by atoms with E-state index in [2.05, 4.69) is 4.89 Å². The van der Waals surface area contributed by atoms with Crippen molar-refractivity contribution in [3.63, 3.8) is 0 Å². The maximum atomic E-state index is 12.3. The van der Waals surface area contributed by atoms with Crippen LogP contribution in [0.5, 0.6) is 0 Å². The molecule has 1 rings (SSSR count). The molecule has 0 saturated carbocycles. The average molecular weight is 276 g/mol. The maximum Gasteiger partial charge on any atom is 0.416 e. The fourth-order valence-corrected chi connectivity index (χ4v) is 1.11. The summed E-state index contributed by atoms with van der Waals surface area (Å²) in [5.41, 5.74) is -1.14. The normalized spacial score (nSPS) is 13.5. The van der Waals surface area contributed by atoms with Crippen molar-refractivity contribution in [1.29, 1.82) is 0 Å². The van der Waals surface area contributed by atoms with Gasteiger partial charge in [0.2, 0.25) is 0 Å². The number of halogens is 3. The lowest BCUT2D eigenvalue weighted by Gasteiger charge is -2.15. The summed E-state index contributed by atoms with van der Waals surface area (Å²) in [5.74, 6) is -0.321. The van der Waals surface area contributed by atoms with Gasteiger partial charge in [0.05, 0.1) is 5.56 Å². The zero-order valence-electron chi connectivity index (χ0n) is 10.8. The topological polar surface area (TPSA) is 38.7 Å². The van der Waals surface area contributed by atoms with Gasteiger partial charge < -0.3 is 9.99 Å². The molecule has 6 heteroatoms. The van der Waals surface area contributed by atoms with Crippen molar-refractivity contribution < 1.29 is 28.1 Å². The molecule has 0 heterocycles. The van der Waals surface area contributed by atoms with Gasteiger partial charge in [0.25, 0.3) is 0 Å². The van der Waals surface area contributed by atoms with Crippen LogP contribution in [0.2, 0.25) is 0 Å². The summed E-state index contributed by atoms with van der Waals surface area (Å²) in [4.78, 5) is 9.56. The smallest absolute Gasteiger partial charge is 0.416 e. The highest BCUT2D eigenvalue weighted by Crippen LogP contribution is 2.29. The Morgan fingerprint density at radius 3 is 2.05 bits per heavy atom. The SMILES string of the molecule is CC(C)(C)OOC=C(O)c1ccc(C(F)(F)F)cc1. The summed E-state index contributed by atoms with van der Waals surface area (Å²) >= 11 is 0. The van der Waals surface area contributed by atoms with E-state index in [-0.39, 0.29) is 11.3 Å². The van der Waals surface area contributed by atoms with E-state index in [4.69, 9.17) is 4.89 Å². The number of hydrogen-bond acceptors (Lipinski definition) is 3. The van der Waals surface area contributed by atoms with E-state index in [1.54, 1.807) is 20.8 Å². The molecule has 0 unspecified atom stereocenters. The Kier molecular flexibility index (Phi) is 4.47. The number of aliphatic hydroxyl groups excluding tert-OH is 1. The van der Waals surface area contributed by atoms with Crippen LogP contribution in [-0.2, 0) is 16.0 Å². The fourth-order valence-electron chi connectivity index (χ4n) is 1.11. The lowest BCUT2D eigenvalue weighted by molar-refractivity contribution is -0.310. The quantitative estimate of drug-likeness (QED) is 0.508. The zero-order chi connectivity index (χ0) is 14.7. The molecule has 0 aliphatic rings. The molecule has 1 aromatic rings. The average Bonchev–Trinajstić information content (AvgIpc) is 2.26. The first-order valence-electron chi connectivity index (χ1n) is 5.51. The van der Waals surface area contributed by atoms with Crippen LogP contribution in [0.3, 0.4) is 0 Å². The highest BCUT2D eigenvalue weighted by molar-refractivity contribution is 5.57. The summed E-state index contributed by atoms with van der Waals surface area (Å²) in [6.45, 7) is 5.24. The van der Waals surface area contributed by atoms with Gasteiger partial charge in [0.1, 0.15) is 5.60 Å². The van der Waals surface area contributed by atoms with Gasteiger partial charge in [-0.05, 0) is 32.9 Å². The van der Waals surface area contributed by atoms with Crippen LogP contribution in [0.15, 0.2) is 30.5 Å². The molecule has 0 saturated heterocycles. The Morgan fingerprint density at radius 1 is 1.11 bits per heavy atom. The Balaban J connectivity index is 2.73. The molecule has 1 aromatic carbocycles. The second-order valence-corrected chi connectivity index (χ2v) is 4.87. The predicted octanol–water partition coefficient (Wildman–Crippen LogP) is 4.31. The van der Waals surface area contributed by atoms with Crippen LogP contribution in [0, 0.1) is 0 Å². The van der Waals surface area contributed by atoms with Crippen molar-refractivity contribution in [2.75, 3.05) is 0 Å². The maximum absolute atomic E-state index is 12.3. The number of alkyl halides is 3. The molecular formula is C13H15F3O3. The van der Waals surface area contributed by atoms with Gasteiger partial charge in [-0.25, -0.2) is 0 Å². The minimum Gasteiger partial charge on any atom is -0.504 e. The summed E-state index contributed by atoms with van der Waals surface area (Å²) in [6, 6.07) is 4.05. The van der Waals surface area contributed by atoms with E-state index < -0.39 is 17.3 Å². The molecule has 0 radical (unpaired) electrons. The van der Waals surface area contributed by atoms with Gasteiger partial charge in [-0.1, -0.05) is 12.1 Å². The Bertz CT molecular complexity index is 442. The van der Waals surface area contributed by atoms with E-state index in [9.17, 15) is 18.3 Å². The van der Waals surface area contributed by atoms with Gasteiger partial charge in [-0.15, -0.1) is 0 Å². The predicted molar refractivity (Wildman–Crippen MR) is 64.0 cm³/mol. The van der Waals surface area contributed by atoms with Crippen molar-refractivity contribution in [3.8, 4) is 0 Å². The zero-order valence-corrected chi connectivity index (χ0v) is 10.8. The molecule has 0 bridgehead atoms. The first-order chi connectivity index (χ1) is 8.59. The van der Waals surface area contributed by atoms with Gasteiger partial charge >= 0.3 is 6.18 Å². The van der Waals surface area contributed by atoms with E-state index >= 15 is 0 Å². The van der Waals surface area contributed by atoms with E-state index in [0.29, 0.717) is 0 Å². The molecule has 3 nitrogen and oxygen atoms in total. The van der Waals surface area contributed by atoms with Gasteiger partial charge in [0.15, 0.2) is 12.0 Å². The highest BCUT2D eigenvalue weighted by atomic mass is 19.4. The molecule has 0 aliphatic carbocycles. The third kappa shape index (κ3) is 5.21. The molecule has 0 fully saturated rings. The standard InChI is InChI=1S/C13H15F3O3/c1-12(2,3)19-18-8-11(17)9-4-6-10(7-5-9)13(14,15)16/h4-8,17H,1-3H3. The first kappa shape index (κ1) is 15.4. The van der Waals surface area contributed by atoms with Gasteiger partial charge in [0, 0.05) is 5.56 Å². The van der Waals surface area contributed by atoms with Crippen LogP contribution >= 0.6 is 0 Å². The molecule has 0 aliphatic heterocycles. The van der Waals surface area contributed by atoms with E-state index in [1.165, 1.54) is 0 Å². The van der Waals surface area contributed by atoms with E-state index in [1.807, 2.05) is 0 Å². The molecule has 1 N–H and O–H groups in total. The van der Waals surface area contributed by atoms with Crippen LogP contribution in [-0.4, -0.2) is 10.7 Å². The van der Waals surface area contributed by atoms with Crippen LogP contribution in [0.25, 0.3) is 5.76 Å². The lowest BCUT2D eigenvalue weighted by Crippen LogP contribution is -2.17. The van der Waals surface area contributed by atoms with Crippen molar-refractivity contribution >= 4 is 5.76 Å². The van der Waals surface area contributed by atoms with Crippen molar-refractivity contribution in [1.82, 2.24) is 0 Å². The third-order valence-electron chi connectivity index (χ3n) is 1.97. The van der Waals surface area contributed by atoms with E-state index in [0.717, 1.165) is 30.5 Å². The number of rotatable bonds is 3. The van der Waals surface area contributed by atoms with Gasteiger partial charge in [-0.3, -0.25) is 0 Å². The second-order valence-electron chi connectivity index (χ2n) is 4.87. The molecule has 0 aromatic heterocycles. The van der Waals surface area contributed by atoms with Crippen molar-refractivity contribution in [2.24, 2.45) is 0 Å². The molecule has 0 spiro atoms. The number of benzene rings is 1. The molecule has 19 heavy (non-hydrogen) atoms. The minimum absolute atomic E-state index is 0.200. The van der Waals surface area contributed by atoms with Gasteiger partial charge in [-0.2, -0.15) is 18.1 Å². The minimum atomic E-state index is -4.40. The largest absolute Gasteiger partial charge is 0.504 e. The Morgan fingerprint density at radius 2 is 1.63 bits per heavy atom. The number of hydrogen-bond donors (Lipinski definition) is 1. The van der Waals surface area contributed by atoms with Crippen LogP contribution in [0.1, 0.15) is 31.9 Å². The Hall–Kier alpha value is -1.69. The molecule has 106 valence electrons. The third-order valence-corrected chi connectivity index (χ3v) is 1.97. The molecule has 0 atom stereocenters. The first-order valence-corrected chi connectivity index (χ1v) is 5.51. The van der Waals surface area contributed by atoms with Crippen LogP contribution < -0.4 is 0 Å². The summed E-state index contributed by atoms with van der Waals surface area (Å²) in [7, 11) is 0. The van der Waals surface area contributed by atoms with Crippen LogP contribution in [0.4, 0.5) is 13.2 Å². The lowest BCUT2D eigenvalue weighted by atomic mass is 10.1. The van der Waals surface area contributed by atoms with Crippen molar-refractivity contribution in [2.45, 2.75) is 32.5 Å². The monoisotopic (exact) mass is 276 g/mol. The summed E-state index contributed by atoms with van der Waals surface area (Å²) in [5, 5.41) is 9.59. The van der Waals surface area contributed by atoms with Crippen molar-refractivity contribution in [3.05, 3.63) is 41.7 Å². The highest BCUT2D eigenvalue weighted by Gasteiger charge is 2.30. The summed E-state index contributed by atoms with van der Waals surface area (Å²) in [6.07, 6.45) is -3.47. The second kappa shape index (κ2) is 5.52. The molecule has 0 amide bonds. The summed E-state index contributed by atoms with van der Waals surface area (Å²) < 4.78 is 37.0.